The van der Waals surface area contributed by atoms with E-state index >= 15 is 0 Å². The van der Waals surface area contributed by atoms with E-state index in [1.54, 1.807) is 7.11 Å². The highest BCUT2D eigenvalue weighted by atomic mass is 16.5. The third-order valence-corrected chi connectivity index (χ3v) is 5.62. The third kappa shape index (κ3) is 3.96. The van der Waals surface area contributed by atoms with Gasteiger partial charge >= 0.3 is 0 Å². The van der Waals surface area contributed by atoms with Crippen molar-refractivity contribution in [3.05, 3.63) is 59.7 Å². The van der Waals surface area contributed by atoms with Crippen molar-refractivity contribution >= 4 is 11.7 Å². The molecule has 1 amide bonds. The Bertz CT molecular complexity index is 831. The highest BCUT2D eigenvalue weighted by molar-refractivity contribution is 5.99. The molecule has 2 fully saturated rings. The van der Waals surface area contributed by atoms with Crippen LogP contribution in [0.25, 0.3) is 11.1 Å². The van der Waals surface area contributed by atoms with Crippen LogP contribution < -0.4 is 0 Å². The maximum atomic E-state index is 12.8. The fourth-order valence-corrected chi connectivity index (χ4v) is 3.72. The second-order valence-electron chi connectivity index (χ2n) is 7.52. The van der Waals surface area contributed by atoms with Crippen LogP contribution in [-0.4, -0.2) is 42.9 Å². The summed E-state index contributed by atoms with van der Waals surface area (Å²) in [7, 11) is 1.73. The van der Waals surface area contributed by atoms with E-state index in [1.165, 1.54) is 0 Å². The summed E-state index contributed by atoms with van der Waals surface area (Å²) in [5.74, 6) is 0.566. The Kier molecular flexibility index (Phi) is 5.08. The van der Waals surface area contributed by atoms with Crippen molar-refractivity contribution in [3.8, 4) is 11.1 Å². The fourth-order valence-electron chi connectivity index (χ4n) is 3.72. The molecular formula is C23H25NO3. The van der Waals surface area contributed by atoms with E-state index in [9.17, 15) is 9.59 Å². The number of carbonyl (C=O) groups excluding carboxylic acids is 2. The topological polar surface area (TPSA) is 46.6 Å². The number of methoxy groups -OCH3 is 1. The molecule has 1 heterocycles. The third-order valence-electron chi connectivity index (χ3n) is 5.62. The normalized spacial score (nSPS) is 17.7. The predicted molar refractivity (Wildman–Crippen MR) is 105 cm³/mol. The summed E-state index contributed by atoms with van der Waals surface area (Å²) in [5.41, 5.74) is 3.52. The zero-order chi connectivity index (χ0) is 18.8. The van der Waals surface area contributed by atoms with Crippen LogP contribution in [0.3, 0.4) is 0 Å². The van der Waals surface area contributed by atoms with Gasteiger partial charge in [0.2, 0.25) is 0 Å². The summed E-state index contributed by atoms with van der Waals surface area (Å²) in [5, 5.41) is 0. The van der Waals surface area contributed by atoms with Gasteiger partial charge in [-0.3, -0.25) is 9.59 Å². The van der Waals surface area contributed by atoms with E-state index in [2.05, 4.69) is 0 Å². The van der Waals surface area contributed by atoms with Gasteiger partial charge in [-0.25, -0.2) is 0 Å². The molecular weight excluding hydrogens is 338 g/mol. The molecule has 0 atom stereocenters. The zero-order valence-corrected chi connectivity index (χ0v) is 15.7. The number of nitrogens with zero attached hydrogens (tertiary/aromatic N) is 1. The molecule has 1 aliphatic carbocycles. The van der Waals surface area contributed by atoms with Crippen LogP contribution in [0, 0.1) is 5.92 Å². The lowest BCUT2D eigenvalue weighted by atomic mass is 9.99. The van der Waals surface area contributed by atoms with Crippen molar-refractivity contribution < 1.29 is 14.3 Å². The summed E-state index contributed by atoms with van der Waals surface area (Å²) >= 11 is 0. The van der Waals surface area contributed by atoms with Crippen LogP contribution in [0.2, 0.25) is 0 Å². The van der Waals surface area contributed by atoms with Gasteiger partial charge in [-0.2, -0.15) is 0 Å². The molecule has 0 spiro atoms. The van der Waals surface area contributed by atoms with Gasteiger partial charge in [0, 0.05) is 37.2 Å². The average molecular weight is 363 g/mol. The number of piperidine rings is 1. The van der Waals surface area contributed by atoms with Crippen molar-refractivity contribution in [2.45, 2.75) is 31.8 Å². The van der Waals surface area contributed by atoms with Crippen LogP contribution in [0.5, 0.6) is 0 Å². The number of amides is 1. The first-order valence-corrected chi connectivity index (χ1v) is 9.72. The first-order chi connectivity index (χ1) is 13.2. The molecule has 4 nitrogen and oxygen atoms in total. The Labute approximate surface area is 160 Å². The lowest BCUT2D eigenvalue weighted by Gasteiger charge is -2.31. The predicted octanol–water partition coefficient (Wildman–Crippen LogP) is 4.20. The zero-order valence-electron chi connectivity index (χ0n) is 15.7. The minimum Gasteiger partial charge on any atom is -0.381 e. The number of benzene rings is 2. The number of Topliss-reactive ketones (excluding diaryl/α,β-unsaturated/α-hetero) is 1. The molecule has 1 saturated heterocycles. The Balaban J connectivity index is 1.48. The molecule has 2 aromatic rings. The van der Waals surface area contributed by atoms with Crippen LogP contribution in [-0.2, 0) is 4.74 Å². The van der Waals surface area contributed by atoms with Crippen molar-refractivity contribution in [1.82, 2.24) is 4.90 Å². The molecule has 1 saturated carbocycles. The molecule has 0 aromatic heterocycles. The largest absolute Gasteiger partial charge is 0.381 e. The molecule has 27 heavy (non-hydrogen) atoms. The Morgan fingerprint density at radius 1 is 0.889 bits per heavy atom. The number of ketones is 1. The standard InChI is InChI=1S/C23H25NO3/c1-27-21-11-13-24(14-12-21)23(26)20-4-2-3-19(15-20)16-5-7-17(8-6-16)22(25)18-9-10-18/h2-8,15,18,21H,9-14H2,1H3. The van der Waals surface area contributed by atoms with Gasteiger partial charge in [0.25, 0.3) is 5.91 Å². The summed E-state index contributed by atoms with van der Waals surface area (Å²) in [6, 6.07) is 15.5. The lowest BCUT2D eigenvalue weighted by Crippen LogP contribution is -2.40. The van der Waals surface area contributed by atoms with Crippen molar-refractivity contribution in [1.29, 1.82) is 0 Å². The Hall–Kier alpha value is -2.46. The Morgan fingerprint density at radius 3 is 2.22 bits per heavy atom. The number of likely N-dealkylation sites (tertiary alicyclic amines) is 1. The average Bonchev–Trinajstić information content (AvgIpc) is 3.58. The highest BCUT2D eigenvalue weighted by Crippen LogP contribution is 2.33. The van der Waals surface area contributed by atoms with Crippen LogP contribution >= 0.6 is 0 Å². The van der Waals surface area contributed by atoms with Gasteiger partial charge in [-0.15, -0.1) is 0 Å². The number of rotatable bonds is 5. The molecule has 4 rings (SSSR count). The van der Waals surface area contributed by atoms with E-state index < -0.39 is 0 Å². The molecule has 2 aliphatic rings. The van der Waals surface area contributed by atoms with Crippen molar-refractivity contribution in [2.75, 3.05) is 20.2 Å². The number of hydrogen-bond acceptors (Lipinski definition) is 3. The van der Waals surface area contributed by atoms with E-state index in [4.69, 9.17) is 4.74 Å². The maximum Gasteiger partial charge on any atom is 0.253 e. The Morgan fingerprint density at radius 2 is 1.59 bits per heavy atom. The number of hydrogen-bond donors (Lipinski definition) is 0. The summed E-state index contributed by atoms with van der Waals surface area (Å²) < 4.78 is 5.38. The SMILES string of the molecule is COC1CCN(C(=O)c2cccc(-c3ccc(C(=O)C4CC4)cc3)c2)CC1. The molecule has 4 heteroatoms. The fraction of sp³-hybridized carbons (Fsp3) is 0.391. The first kappa shape index (κ1) is 17.9. The van der Waals surface area contributed by atoms with E-state index in [0.717, 1.165) is 55.5 Å². The van der Waals surface area contributed by atoms with Gasteiger partial charge in [-0.1, -0.05) is 36.4 Å². The quantitative estimate of drug-likeness (QED) is 0.748. The number of ether oxygens (including phenoxy) is 1. The summed E-state index contributed by atoms with van der Waals surface area (Å²) in [6.45, 7) is 1.47. The second-order valence-corrected chi connectivity index (χ2v) is 7.52. The molecule has 0 unspecified atom stereocenters. The minimum absolute atomic E-state index is 0.0759. The first-order valence-electron chi connectivity index (χ1n) is 9.72. The lowest BCUT2D eigenvalue weighted by molar-refractivity contribution is 0.0350. The monoisotopic (exact) mass is 363 g/mol. The van der Waals surface area contributed by atoms with Crippen molar-refractivity contribution in [2.24, 2.45) is 5.92 Å². The van der Waals surface area contributed by atoms with Crippen molar-refractivity contribution in [3.63, 3.8) is 0 Å². The van der Waals surface area contributed by atoms with Gasteiger partial charge in [-0.05, 0) is 48.9 Å². The molecule has 0 N–H and O–H groups in total. The minimum atomic E-state index is 0.0759. The van der Waals surface area contributed by atoms with Gasteiger partial charge in [0.15, 0.2) is 5.78 Å². The highest BCUT2D eigenvalue weighted by Gasteiger charge is 2.30. The van der Waals surface area contributed by atoms with Gasteiger partial charge in [0.1, 0.15) is 0 Å². The second kappa shape index (κ2) is 7.65. The summed E-state index contributed by atoms with van der Waals surface area (Å²) in [6.07, 6.45) is 4.08. The molecule has 1 aliphatic heterocycles. The van der Waals surface area contributed by atoms with E-state index in [-0.39, 0.29) is 23.7 Å². The van der Waals surface area contributed by atoms with Gasteiger partial charge in [0.05, 0.1) is 6.10 Å². The molecule has 2 aromatic carbocycles. The van der Waals surface area contributed by atoms with Crippen LogP contribution in [0.1, 0.15) is 46.4 Å². The van der Waals surface area contributed by atoms with E-state index in [1.807, 2.05) is 53.4 Å². The van der Waals surface area contributed by atoms with Crippen LogP contribution in [0.4, 0.5) is 0 Å². The number of carbonyl (C=O) groups is 2. The summed E-state index contributed by atoms with van der Waals surface area (Å²) in [4.78, 5) is 26.9. The van der Waals surface area contributed by atoms with E-state index in [0.29, 0.717) is 5.56 Å². The molecule has 0 radical (unpaired) electrons. The maximum absolute atomic E-state index is 12.8. The molecule has 140 valence electrons. The van der Waals surface area contributed by atoms with Gasteiger partial charge < -0.3 is 9.64 Å². The molecule has 0 bridgehead atoms. The smallest absolute Gasteiger partial charge is 0.253 e. The van der Waals surface area contributed by atoms with Crippen LogP contribution in [0.15, 0.2) is 48.5 Å².